The number of carboxylic acids is 1. The summed E-state index contributed by atoms with van der Waals surface area (Å²) >= 11 is 0. The number of nitrogens with zero attached hydrogens (tertiary/aromatic N) is 2. The Morgan fingerprint density at radius 2 is 1.70 bits per heavy atom. The highest BCUT2D eigenvalue weighted by Crippen LogP contribution is 2.34. The lowest BCUT2D eigenvalue weighted by Gasteiger charge is -2.19. The number of pyridine rings is 1. The van der Waals surface area contributed by atoms with Crippen LogP contribution in [0.2, 0.25) is 0 Å². The molecule has 3 aromatic rings. The smallest absolute Gasteiger partial charge is 0.475 e. The molecule has 46 heavy (non-hydrogen) atoms. The van der Waals surface area contributed by atoms with E-state index in [0.717, 1.165) is 17.7 Å². The summed E-state index contributed by atoms with van der Waals surface area (Å²) in [7, 11) is 0. The minimum absolute atomic E-state index is 0.0599. The number of fused-ring (bicyclic) bond motifs is 1. The van der Waals surface area contributed by atoms with E-state index in [1.165, 1.54) is 23.2 Å². The first-order valence-corrected chi connectivity index (χ1v) is 13.8. The van der Waals surface area contributed by atoms with Crippen LogP contribution in [0.15, 0.2) is 60.8 Å². The Balaban J connectivity index is 0.000000738. The van der Waals surface area contributed by atoms with Crippen LogP contribution in [0.1, 0.15) is 41.9 Å². The van der Waals surface area contributed by atoms with Gasteiger partial charge in [0.25, 0.3) is 5.91 Å². The largest absolute Gasteiger partial charge is 0.490 e. The van der Waals surface area contributed by atoms with Gasteiger partial charge in [-0.15, -0.1) is 0 Å². The number of hydrogen-bond acceptors (Lipinski definition) is 6. The molecule has 0 bridgehead atoms. The van der Waals surface area contributed by atoms with Gasteiger partial charge in [0.05, 0.1) is 11.7 Å². The number of hydrogen-bond donors (Lipinski definition) is 3. The van der Waals surface area contributed by atoms with Gasteiger partial charge in [-0.1, -0.05) is 6.07 Å². The van der Waals surface area contributed by atoms with E-state index in [0.29, 0.717) is 49.7 Å². The van der Waals surface area contributed by atoms with Crippen LogP contribution in [-0.2, 0) is 22.1 Å². The number of amides is 3. The zero-order valence-electron chi connectivity index (χ0n) is 24.5. The predicted octanol–water partition coefficient (Wildman–Crippen LogP) is 6.67. The number of alkyl halides is 6. The quantitative estimate of drug-likeness (QED) is 0.173. The number of carboxylic acid groups (broad SMARTS) is 1. The van der Waals surface area contributed by atoms with Gasteiger partial charge in [-0.2, -0.15) is 26.3 Å². The first kappa shape index (κ1) is 35.6. The van der Waals surface area contributed by atoms with Crippen molar-refractivity contribution in [3.05, 3.63) is 77.6 Å². The van der Waals surface area contributed by atoms with E-state index in [2.05, 4.69) is 15.6 Å². The summed E-state index contributed by atoms with van der Waals surface area (Å²) < 4.78 is 82.1. The molecule has 248 valence electrons. The van der Waals surface area contributed by atoms with E-state index < -0.39 is 29.9 Å². The molecule has 0 unspecified atom stereocenters. The van der Waals surface area contributed by atoms with Gasteiger partial charge < -0.3 is 25.2 Å². The lowest BCUT2D eigenvalue weighted by atomic mass is 10.1. The lowest BCUT2D eigenvalue weighted by molar-refractivity contribution is -0.192. The van der Waals surface area contributed by atoms with Crippen LogP contribution in [-0.4, -0.2) is 60.0 Å². The Hall–Kier alpha value is -4.86. The molecule has 0 atom stereocenters. The van der Waals surface area contributed by atoms with Crippen LogP contribution >= 0.6 is 0 Å². The number of aliphatic carboxylic acids is 1. The molecule has 0 aliphatic carbocycles. The molecule has 0 fully saturated rings. The van der Waals surface area contributed by atoms with Gasteiger partial charge in [0, 0.05) is 43.3 Å². The minimum atomic E-state index is -5.08. The SMILES string of the molecule is CC(C)OCCCNC(=O)c1cc(Oc2ccc3c(c2)CCN3C(=O)Nc2cccc(C(F)(F)F)c2)ccn1.O=C(O)C(F)(F)F. The maximum Gasteiger partial charge on any atom is 0.490 e. The van der Waals surface area contributed by atoms with Crippen molar-refractivity contribution < 1.29 is 55.3 Å². The second-order valence-electron chi connectivity index (χ2n) is 10.0. The van der Waals surface area contributed by atoms with Gasteiger partial charge >= 0.3 is 24.4 Å². The average molecular weight is 657 g/mol. The first-order valence-electron chi connectivity index (χ1n) is 13.8. The monoisotopic (exact) mass is 656 g/mol. The predicted molar refractivity (Wildman–Crippen MR) is 154 cm³/mol. The number of nitrogens with one attached hydrogen (secondary N) is 2. The molecule has 16 heteroatoms. The number of ether oxygens (including phenoxy) is 2. The molecule has 0 spiro atoms. The molecule has 1 aliphatic rings. The summed E-state index contributed by atoms with van der Waals surface area (Å²) in [5.41, 5.74) is 0.933. The van der Waals surface area contributed by atoms with Crippen molar-refractivity contribution in [2.24, 2.45) is 0 Å². The number of urea groups is 1. The van der Waals surface area contributed by atoms with Crippen molar-refractivity contribution in [3.63, 3.8) is 0 Å². The van der Waals surface area contributed by atoms with Crippen molar-refractivity contribution >= 4 is 29.3 Å². The summed E-state index contributed by atoms with van der Waals surface area (Å²) in [6.07, 6.45) is -6.73. The van der Waals surface area contributed by atoms with Gasteiger partial charge in [-0.3, -0.25) is 14.7 Å². The Labute approximate surface area is 259 Å². The van der Waals surface area contributed by atoms with Crippen LogP contribution in [0, 0.1) is 0 Å². The number of carbonyl (C=O) groups excluding carboxylic acids is 2. The summed E-state index contributed by atoms with van der Waals surface area (Å²) in [5.74, 6) is -2.14. The Kier molecular flexibility index (Phi) is 11.9. The summed E-state index contributed by atoms with van der Waals surface area (Å²) in [4.78, 5) is 39.7. The van der Waals surface area contributed by atoms with E-state index in [1.807, 2.05) is 13.8 Å². The van der Waals surface area contributed by atoms with E-state index in [9.17, 15) is 35.9 Å². The number of anilines is 2. The average Bonchev–Trinajstić information content (AvgIpc) is 3.40. The zero-order chi connectivity index (χ0) is 34.1. The number of aromatic nitrogens is 1. The fraction of sp³-hybridized carbons (Fsp3) is 0.333. The molecule has 2 aromatic carbocycles. The fourth-order valence-corrected chi connectivity index (χ4v) is 4.04. The van der Waals surface area contributed by atoms with Crippen LogP contribution in [0.5, 0.6) is 11.5 Å². The fourth-order valence-electron chi connectivity index (χ4n) is 4.04. The van der Waals surface area contributed by atoms with E-state index in [1.54, 1.807) is 30.3 Å². The van der Waals surface area contributed by atoms with Gasteiger partial charge in [0.2, 0.25) is 0 Å². The molecule has 1 aromatic heterocycles. The van der Waals surface area contributed by atoms with Crippen LogP contribution < -0.4 is 20.3 Å². The molecular weight excluding hydrogens is 626 g/mol. The highest BCUT2D eigenvalue weighted by atomic mass is 19.4. The molecule has 2 heterocycles. The Morgan fingerprint density at radius 1 is 1.00 bits per heavy atom. The highest BCUT2D eigenvalue weighted by molar-refractivity contribution is 6.03. The highest BCUT2D eigenvalue weighted by Gasteiger charge is 2.38. The minimum Gasteiger partial charge on any atom is -0.475 e. The molecule has 1 aliphatic heterocycles. The van der Waals surface area contributed by atoms with Gasteiger partial charge in [-0.05, 0) is 74.7 Å². The summed E-state index contributed by atoms with van der Waals surface area (Å²) in [6, 6.07) is 12.4. The third-order valence-corrected chi connectivity index (χ3v) is 6.13. The number of rotatable bonds is 9. The van der Waals surface area contributed by atoms with E-state index >= 15 is 0 Å². The zero-order valence-corrected chi connectivity index (χ0v) is 24.5. The molecule has 0 saturated heterocycles. The van der Waals surface area contributed by atoms with Crippen molar-refractivity contribution in [2.75, 3.05) is 29.9 Å². The number of carbonyl (C=O) groups is 3. The van der Waals surface area contributed by atoms with E-state index in [-0.39, 0.29) is 23.4 Å². The van der Waals surface area contributed by atoms with Crippen molar-refractivity contribution in [2.45, 2.75) is 45.1 Å². The lowest BCUT2D eigenvalue weighted by Crippen LogP contribution is -2.33. The van der Waals surface area contributed by atoms with Crippen LogP contribution in [0.3, 0.4) is 0 Å². The van der Waals surface area contributed by atoms with Crippen LogP contribution in [0.4, 0.5) is 42.5 Å². The second kappa shape index (κ2) is 15.4. The van der Waals surface area contributed by atoms with Crippen molar-refractivity contribution in [1.29, 1.82) is 0 Å². The topological polar surface area (TPSA) is 130 Å². The van der Waals surface area contributed by atoms with E-state index in [4.69, 9.17) is 19.4 Å². The normalized spacial score (nSPS) is 12.6. The molecule has 3 N–H and O–H groups in total. The third kappa shape index (κ3) is 10.6. The molecule has 10 nitrogen and oxygen atoms in total. The third-order valence-electron chi connectivity index (χ3n) is 6.13. The molecule has 4 rings (SSSR count). The summed E-state index contributed by atoms with van der Waals surface area (Å²) in [5, 5.41) is 12.5. The summed E-state index contributed by atoms with van der Waals surface area (Å²) in [6.45, 7) is 5.28. The molecule has 0 saturated carbocycles. The molecular formula is C30H30F6N4O6. The molecule has 0 radical (unpaired) electrons. The number of halogens is 6. The van der Waals surface area contributed by atoms with Gasteiger partial charge in [-0.25, -0.2) is 9.59 Å². The van der Waals surface area contributed by atoms with Crippen LogP contribution in [0.25, 0.3) is 0 Å². The maximum absolute atomic E-state index is 13.0. The number of benzene rings is 2. The first-order chi connectivity index (χ1) is 21.5. The maximum atomic E-state index is 13.0. The van der Waals surface area contributed by atoms with Gasteiger partial charge in [0.1, 0.15) is 17.2 Å². The van der Waals surface area contributed by atoms with Gasteiger partial charge in [0.15, 0.2) is 0 Å². The Bertz CT molecular complexity index is 1530. The second-order valence-corrected chi connectivity index (χ2v) is 10.0. The standard InChI is InChI=1S/C28H29F3N4O4.C2HF3O2/c1-18(2)38-14-4-11-33-26(36)24-17-23(9-12-32-24)39-22-7-8-25-19(15-22)10-13-35(25)27(37)34-21-6-3-5-20(16-21)28(29,30)31;3-2(4,5)1(6)7/h3,5-9,12,15-18H,4,10-11,13-14H2,1-2H3,(H,33,36)(H,34,37);(H,6,7). The van der Waals surface area contributed by atoms with Crippen molar-refractivity contribution in [1.82, 2.24) is 10.3 Å². The Morgan fingerprint density at radius 3 is 2.35 bits per heavy atom. The van der Waals surface area contributed by atoms with Crippen molar-refractivity contribution in [3.8, 4) is 11.5 Å². The molecule has 3 amide bonds.